The number of benzene rings is 3. The molecule has 6 heteroatoms. The van der Waals surface area contributed by atoms with Crippen LogP contribution in [0.2, 0.25) is 0 Å². The van der Waals surface area contributed by atoms with Crippen LogP contribution >= 0.6 is 0 Å². The van der Waals surface area contributed by atoms with Gasteiger partial charge in [0.15, 0.2) is 5.71 Å². The normalized spacial score (nSPS) is 15.9. The van der Waals surface area contributed by atoms with Crippen LogP contribution in [-0.4, -0.2) is 29.2 Å². The van der Waals surface area contributed by atoms with Gasteiger partial charge in [0.2, 0.25) is 0 Å². The maximum Gasteiger partial charge on any atom is 0.357 e. The van der Waals surface area contributed by atoms with Gasteiger partial charge in [0.1, 0.15) is 0 Å². The SMILES string of the molecule is CCCCCCCCc1ccc(N2CCCc3cc(/C=C4\C(=O)N(c5ccccc5)N=C4C(=O)O)ccc32)cc1. The van der Waals surface area contributed by atoms with E-state index < -0.39 is 11.9 Å². The summed E-state index contributed by atoms with van der Waals surface area (Å²) in [5, 5.41) is 15.0. The summed E-state index contributed by atoms with van der Waals surface area (Å²) in [5.74, 6) is -1.66. The lowest BCUT2D eigenvalue weighted by Crippen LogP contribution is -2.24. The molecular weight excluding hydrogens is 498 g/mol. The highest BCUT2D eigenvalue weighted by molar-refractivity contribution is 6.53. The quantitative estimate of drug-likeness (QED) is 0.203. The highest BCUT2D eigenvalue weighted by Crippen LogP contribution is 2.35. The number of aliphatic carboxylic acids is 1. The molecule has 1 amide bonds. The summed E-state index contributed by atoms with van der Waals surface area (Å²) in [7, 11) is 0. The van der Waals surface area contributed by atoms with Crippen LogP contribution in [0, 0.1) is 0 Å². The number of amides is 1. The van der Waals surface area contributed by atoms with Crippen LogP contribution in [0.3, 0.4) is 0 Å². The third kappa shape index (κ3) is 6.17. The molecule has 0 aromatic heterocycles. The molecular formula is C34H37N3O3. The lowest BCUT2D eigenvalue weighted by atomic mass is 9.96. The van der Waals surface area contributed by atoms with Crippen molar-refractivity contribution >= 4 is 40.7 Å². The number of hydrogen-bond donors (Lipinski definition) is 1. The van der Waals surface area contributed by atoms with Crippen LogP contribution in [-0.2, 0) is 22.4 Å². The fourth-order valence-corrected chi connectivity index (χ4v) is 5.54. The summed E-state index contributed by atoms with van der Waals surface area (Å²) < 4.78 is 0. The largest absolute Gasteiger partial charge is 0.476 e. The molecule has 0 saturated carbocycles. The molecule has 0 bridgehead atoms. The number of carbonyl (C=O) groups is 2. The second kappa shape index (κ2) is 12.8. The van der Waals surface area contributed by atoms with Gasteiger partial charge >= 0.3 is 5.97 Å². The van der Waals surface area contributed by atoms with Gasteiger partial charge in [0.05, 0.1) is 11.3 Å². The molecule has 6 nitrogen and oxygen atoms in total. The van der Waals surface area contributed by atoms with Gasteiger partial charge in [0, 0.05) is 17.9 Å². The van der Waals surface area contributed by atoms with E-state index in [1.54, 1.807) is 30.3 Å². The van der Waals surface area contributed by atoms with E-state index in [0.29, 0.717) is 5.69 Å². The molecule has 5 rings (SSSR count). The number of carboxylic acids is 1. The average Bonchev–Trinajstić information content (AvgIpc) is 3.31. The summed E-state index contributed by atoms with van der Waals surface area (Å²) in [5.41, 5.74) is 6.10. The number of hydrogen-bond acceptors (Lipinski definition) is 4. The minimum absolute atomic E-state index is 0.0879. The van der Waals surface area contributed by atoms with E-state index in [2.05, 4.69) is 53.3 Å². The number of anilines is 3. The molecule has 40 heavy (non-hydrogen) atoms. The van der Waals surface area contributed by atoms with Crippen molar-refractivity contribution in [2.75, 3.05) is 16.5 Å². The summed E-state index contributed by atoms with van der Waals surface area (Å²) in [4.78, 5) is 27.5. The topological polar surface area (TPSA) is 73.2 Å². The molecule has 0 unspecified atom stereocenters. The van der Waals surface area contributed by atoms with Crippen LogP contribution in [0.4, 0.5) is 17.1 Å². The minimum Gasteiger partial charge on any atom is -0.476 e. The summed E-state index contributed by atoms with van der Waals surface area (Å²) in [6.07, 6.45) is 12.6. The number of aryl methyl sites for hydroxylation is 2. The first-order chi connectivity index (χ1) is 19.5. The van der Waals surface area contributed by atoms with Gasteiger partial charge in [-0.15, -0.1) is 0 Å². The standard InChI is InChI=1S/C34H37N3O3/c1-2-3-4-5-6-8-12-25-16-19-28(20-17-25)36-22-11-13-27-23-26(18-21-31(27)36)24-30-32(34(39)40)35-37(33(30)38)29-14-9-7-10-15-29/h7,9-10,14-21,23-24H,2-6,8,11-13,22H2,1H3,(H,39,40)/b30-24-. The Balaban J connectivity index is 1.31. The maximum atomic E-state index is 13.2. The number of para-hydroxylation sites is 1. The molecule has 0 spiro atoms. The van der Waals surface area contributed by atoms with Crippen LogP contribution in [0.25, 0.3) is 6.08 Å². The first kappa shape index (κ1) is 27.4. The molecule has 2 aliphatic rings. The third-order valence-electron chi connectivity index (χ3n) is 7.68. The van der Waals surface area contributed by atoms with Crippen LogP contribution in [0.5, 0.6) is 0 Å². The number of rotatable bonds is 11. The molecule has 0 aliphatic carbocycles. The molecule has 0 radical (unpaired) electrons. The Morgan fingerprint density at radius 1 is 0.925 bits per heavy atom. The van der Waals surface area contributed by atoms with Gasteiger partial charge in [0.25, 0.3) is 5.91 Å². The lowest BCUT2D eigenvalue weighted by molar-refractivity contribution is -0.129. The molecule has 2 heterocycles. The van der Waals surface area contributed by atoms with Crippen molar-refractivity contribution in [2.24, 2.45) is 5.10 Å². The monoisotopic (exact) mass is 535 g/mol. The zero-order chi connectivity index (χ0) is 27.9. The molecule has 0 atom stereocenters. The van der Waals surface area contributed by atoms with Gasteiger partial charge in [-0.1, -0.05) is 75.4 Å². The number of carboxylic acid groups (broad SMARTS) is 1. The van der Waals surface area contributed by atoms with Crippen molar-refractivity contribution in [1.29, 1.82) is 0 Å². The maximum absolute atomic E-state index is 13.2. The predicted octanol–water partition coefficient (Wildman–Crippen LogP) is 7.54. The number of fused-ring (bicyclic) bond motifs is 1. The van der Waals surface area contributed by atoms with Crippen molar-refractivity contribution in [3.05, 3.63) is 95.1 Å². The van der Waals surface area contributed by atoms with E-state index in [0.717, 1.165) is 42.1 Å². The first-order valence-electron chi connectivity index (χ1n) is 14.5. The Kier molecular flexibility index (Phi) is 8.74. The highest BCUT2D eigenvalue weighted by atomic mass is 16.4. The van der Waals surface area contributed by atoms with E-state index >= 15 is 0 Å². The molecule has 0 fully saturated rings. The molecule has 0 saturated heterocycles. The van der Waals surface area contributed by atoms with Crippen LogP contribution < -0.4 is 9.91 Å². The molecule has 1 N–H and O–H groups in total. The second-order valence-electron chi connectivity index (χ2n) is 10.6. The van der Waals surface area contributed by atoms with Gasteiger partial charge in [-0.05, 0) is 84.8 Å². The third-order valence-corrected chi connectivity index (χ3v) is 7.68. The van der Waals surface area contributed by atoms with E-state index in [1.807, 2.05) is 12.1 Å². The Bertz CT molecular complexity index is 1410. The molecule has 206 valence electrons. The van der Waals surface area contributed by atoms with E-state index in [9.17, 15) is 14.7 Å². The number of carbonyl (C=O) groups excluding carboxylic acids is 1. The Hall–Kier alpha value is -4.19. The summed E-state index contributed by atoms with van der Waals surface area (Å²) in [6, 6.07) is 23.9. The van der Waals surface area contributed by atoms with Gasteiger partial charge < -0.3 is 10.0 Å². The summed E-state index contributed by atoms with van der Waals surface area (Å²) in [6.45, 7) is 3.20. The summed E-state index contributed by atoms with van der Waals surface area (Å²) >= 11 is 0. The number of unbranched alkanes of at least 4 members (excludes halogenated alkanes) is 5. The van der Waals surface area contributed by atoms with Gasteiger partial charge in [-0.3, -0.25) is 4.79 Å². The van der Waals surface area contributed by atoms with Crippen molar-refractivity contribution < 1.29 is 14.7 Å². The lowest BCUT2D eigenvalue weighted by Gasteiger charge is -2.31. The molecule has 3 aromatic rings. The van der Waals surface area contributed by atoms with E-state index in [4.69, 9.17) is 0 Å². The van der Waals surface area contributed by atoms with Crippen molar-refractivity contribution in [1.82, 2.24) is 0 Å². The fraction of sp³-hybridized carbons (Fsp3) is 0.324. The smallest absolute Gasteiger partial charge is 0.357 e. The first-order valence-corrected chi connectivity index (χ1v) is 14.5. The van der Waals surface area contributed by atoms with Crippen LogP contribution in [0.15, 0.2) is 83.5 Å². The van der Waals surface area contributed by atoms with E-state index in [1.165, 1.54) is 55.3 Å². The second-order valence-corrected chi connectivity index (χ2v) is 10.6. The zero-order valence-electron chi connectivity index (χ0n) is 23.2. The van der Waals surface area contributed by atoms with Crippen LogP contribution in [0.1, 0.15) is 68.6 Å². The number of nitrogens with zero attached hydrogens (tertiary/aromatic N) is 3. The Morgan fingerprint density at radius 2 is 1.68 bits per heavy atom. The van der Waals surface area contributed by atoms with E-state index in [-0.39, 0.29) is 11.3 Å². The highest BCUT2D eigenvalue weighted by Gasteiger charge is 2.35. The van der Waals surface area contributed by atoms with Crippen molar-refractivity contribution in [3.8, 4) is 0 Å². The minimum atomic E-state index is -1.22. The van der Waals surface area contributed by atoms with Crippen molar-refractivity contribution in [3.63, 3.8) is 0 Å². The van der Waals surface area contributed by atoms with Crippen molar-refractivity contribution in [2.45, 2.75) is 64.7 Å². The average molecular weight is 536 g/mol. The Morgan fingerprint density at radius 3 is 2.42 bits per heavy atom. The fourth-order valence-electron chi connectivity index (χ4n) is 5.54. The predicted molar refractivity (Wildman–Crippen MR) is 162 cm³/mol. The molecule has 3 aromatic carbocycles. The number of hydrazone groups is 1. The molecule has 2 aliphatic heterocycles. The zero-order valence-corrected chi connectivity index (χ0v) is 23.2. The van der Waals surface area contributed by atoms with Gasteiger partial charge in [-0.2, -0.15) is 10.1 Å². The van der Waals surface area contributed by atoms with Gasteiger partial charge in [-0.25, -0.2) is 4.79 Å². The Labute approximate surface area is 236 Å².